The van der Waals surface area contributed by atoms with Crippen LogP contribution in [0.4, 0.5) is 5.82 Å². The predicted octanol–water partition coefficient (Wildman–Crippen LogP) is 4.95. The first-order valence-electron chi connectivity index (χ1n) is 11.2. The van der Waals surface area contributed by atoms with Gasteiger partial charge in [0, 0.05) is 25.9 Å². The summed E-state index contributed by atoms with van der Waals surface area (Å²) in [5.41, 5.74) is 7.29. The van der Waals surface area contributed by atoms with E-state index in [0.717, 1.165) is 49.1 Å². The van der Waals surface area contributed by atoms with E-state index in [1.165, 1.54) is 46.2 Å². The van der Waals surface area contributed by atoms with E-state index in [2.05, 4.69) is 55.5 Å². The van der Waals surface area contributed by atoms with Crippen LogP contribution in [0.25, 0.3) is 16.7 Å². The van der Waals surface area contributed by atoms with E-state index in [4.69, 9.17) is 15.1 Å². The molecule has 3 heterocycles. The molecule has 3 aromatic rings. The molecule has 0 saturated carbocycles. The van der Waals surface area contributed by atoms with Gasteiger partial charge in [0.05, 0.1) is 11.1 Å². The number of fused-ring (bicyclic) bond motifs is 1. The van der Waals surface area contributed by atoms with Crippen LogP contribution in [0, 0.1) is 40.5 Å². The van der Waals surface area contributed by atoms with Crippen molar-refractivity contribution in [1.29, 1.82) is 0 Å². The maximum Gasteiger partial charge on any atom is 0.150 e. The molecule has 0 aliphatic carbocycles. The van der Waals surface area contributed by atoms with Crippen molar-refractivity contribution in [3.63, 3.8) is 0 Å². The average molecular weight is 407 g/mol. The minimum atomic E-state index is 0.302. The highest BCUT2D eigenvalue weighted by Gasteiger charge is 2.24. The number of rotatable bonds is 5. The van der Waals surface area contributed by atoms with Gasteiger partial charge in [0.1, 0.15) is 11.6 Å². The quantitative estimate of drug-likeness (QED) is 0.651. The van der Waals surface area contributed by atoms with Crippen LogP contribution in [-0.2, 0) is 0 Å². The van der Waals surface area contributed by atoms with Crippen molar-refractivity contribution in [3.05, 3.63) is 46.4 Å². The van der Waals surface area contributed by atoms with E-state index < -0.39 is 0 Å². The smallest absolute Gasteiger partial charge is 0.150 e. The molecule has 5 nitrogen and oxygen atoms in total. The summed E-state index contributed by atoms with van der Waals surface area (Å²) in [4.78, 5) is 12.2. The predicted molar refractivity (Wildman–Crippen MR) is 124 cm³/mol. The Balaban J connectivity index is 1.76. The monoisotopic (exact) mass is 406 g/mol. The molecule has 1 N–H and O–H groups in total. The highest BCUT2D eigenvalue weighted by Crippen LogP contribution is 2.35. The third-order valence-electron chi connectivity index (χ3n) is 6.49. The largest absolute Gasteiger partial charge is 0.396 e. The fourth-order valence-electron chi connectivity index (χ4n) is 5.15. The first-order valence-corrected chi connectivity index (χ1v) is 11.2. The van der Waals surface area contributed by atoms with Gasteiger partial charge in [-0.15, -0.1) is 0 Å². The number of benzene rings is 1. The van der Waals surface area contributed by atoms with Crippen LogP contribution < -0.4 is 4.90 Å². The lowest BCUT2D eigenvalue weighted by atomic mass is 9.92. The van der Waals surface area contributed by atoms with Crippen molar-refractivity contribution in [1.82, 2.24) is 14.5 Å². The van der Waals surface area contributed by atoms with Gasteiger partial charge in [0.25, 0.3) is 0 Å². The molecule has 0 amide bonds. The summed E-state index contributed by atoms with van der Waals surface area (Å²) in [5.74, 6) is 2.62. The van der Waals surface area contributed by atoms with Crippen LogP contribution >= 0.6 is 0 Å². The Morgan fingerprint density at radius 3 is 2.27 bits per heavy atom. The summed E-state index contributed by atoms with van der Waals surface area (Å²) >= 11 is 0. The van der Waals surface area contributed by atoms with Gasteiger partial charge in [-0.05, 0) is 82.9 Å². The summed E-state index contributed by atoms with van der Waals surface area (Å²) in [7, 11) is 0. The second kappa shape index (κ2) is 8.38. The zero-order chi connectivity index (χ0) is 21.4. The SMILES string of the molecule is Cc1cc(C)c(-n2cc(C)c3c(N4CCC(CCCO)CC4)nc(C)nc32)c(C)c1. The van der Waals surface area contributed by atoms with Crippen molar-refractivity contribution in [2.75, 3.05) is 24.6 Å². The molecule has 1 aliphatic rings. The number of aliphatic hydroxyl groups excluding tert-OH is 1. The molecule has 1 fully saturated rings. The lowest BCUT2D eigenvalue weighted by Gasteiger charge is -2.33. The minimum Gasteiger partial charge on any atom is -0.396 e. The molecule has 2 aromatic heterocycles. The third-order valence-corrected chi connectivity index (χ3v) is 6.49. The Bertz CT molecular complexity index is 1040. The number of aryl methyl sites for hydroxylation is 5. The van der Waals surface area contributed by atoms with E-state index in [1.807, 2.05) is 6.92 Å². The van der Waals surface area contributed by atoms with Crippen molar-refractivity contribution in [2.45, 2.75) is 60.3 Å². The first-order chi connectivity index (χ1) is 14.4. The zero-order valence-electron chi connectivity index (χ0n) is 19.0. The molecular weight excluding hydrogens is 372 g/mol. The standard InChI is InChI=1S/C25H34N4O/c1-16-13-17(2)23(18(3)14-16)29-15-19(4)22-24(26-20(5)27-25(22)29)28-10-8-21(9-11-28)7-6-12-30/h13-15,21,30H,6-12H2,1-5H3. The summed E-state index contributed by atoms with van der Waals surface area (Å²) in [6.45, 7) is 13.0. The molecular formula is C25H34N4O. The fourth-order valence-corrected chi connectivity index (χ4v) is 5.15. The van der Waals surface area contributed by atoms with Crippen LogP contribution in [0.5, 0.6) is 0 Å². The van der Waals surface area contributed by atoms with E-state index in [-0.39, 0.29) is 0 Å². The number of piperidine rings is 1. The normalized spacial score (nSPS) is 15.3. The topological polar surface area (TPSA) is 54.2 Å². The van der Waals surface area contributed by atoms with Gasteiger partial charge in [-0.3, -0.25) is 0 Å². The van der Waals surface area contributed by atoms with Crippen molar-refractivity contribution in [2.24, 2.45) is 5.92 Å². The molecule has 1 aliphatic heterocycles. The Morgan fingerprint density at radius 1 is 0.967 bits per heavy atom. The van der Waals surface area contributed by atoms with E-state index in [1.54, 1.807) is 0 Å². The first kappa shape index (κ1) is 20.9. The van der Waals surface area contributed by atoms with Gasteiger partial charge < -0.3 is 14.6 Å². The Kier molecular flexibility index (Phi) is 5.83. The number of aliphatic hydroxyl groups is 1. The summed E-state index contributed by atoms with van der Waals surface area (Å²) in [6, 6.07) is 4.49. The van der Waals surface area contributed by atoms with Crippen molar-refractivity contribution in [3.8, 4) is 5.69 Å². The third kappa shape index (κ3) is 3.83. The van der Waals surface area contributed by atoms with E-state index >= 15 is 0 Å². The summed E-state index contributed by atoms with van der Waals surface area (Å²) < 4.78 is 2.26. The Labute approximate surface area is 179 Å². The zero-order valence-corrected chi connectivity index (χ0v) is 19.0. The lowest BCUT2D eigenvalue weighted by molar-refractivity contribution is 0.261. The maximum absolute atomic E-state index is 9.13. The molecule has 0 unspecified atom stereocenters. The summed E-state index contributed by atoms with van der Waals surface area (Å²) in [5, 5.41) is 10.3. The molecule has 160 valence electrons. The van der Waals surface area contributed by atoms with E-state index in [0.29, 0.717) is 6.61 Å². The molecule has 1 saturated heterocycles. The van der Waals surface area contributed by atoms with Crippen LogP contribution in [0.1, 0.15) is 53.8 Å². The van der Waals surface area contributed by atoms with Crippen LogP contribution in [0.15, 0.2) is 18.3 Å². The molecule has 1 aromatic carbocycles. The molecule has 30 heavy (non-hydrogen) atoms. The molecule has 0 radical (unpaired) electrons. The van der Waals surface area contributed by atoms with Gasteiger partial charge in [-0.2, -0.15) is 0 Å². The Hall–Kier alpha value is -2.40. The van der Waals surface area contributed by atoms with Crippen LogP contribution in [-0.4, -0.2) is 39.3 Å². The fraction of sp³-hybridized carbons (Fsp3) is 0.520. The van der Waals surface area contributed by atoms with Crippen LogP contribution in [0.3, 0.4) is 0 Å². The number of hydrogen-bond acceptors (Lipinski definition) is 4. The number of hydrogen-bond donors (Lipinski definition) is 1. The second-order valence-corrected chi connectivity index (χ2v) is 9.02. The van der Waals surface area contributed by atoms with Crippen molar-refractivity contribution >= 4 is 16.9 Å². The number of aromatic nitrogens is 3. The van der Waals surface area contributed by atoms with Gasteiger partial charge >= 0.3 is 0 Å². The molecule has 0 spiro atoms. The molecule has 0 atom stereocenters. The highest BCUT2D eigenvalue weighted by molar-refractivity contribution is 5.92. The molecule has 0 bridgehead atoms. The lowest BCUT2D eigenvalue weighted by Crippen LogP contribution is -2.34. The minimum absolute atomic E-state index is 0.302. The van der Waals surface area contributed by atoms with Gasteiger partial charge in [0.15, 0.2) is 5.65 Å². The molecule has 5 heteroatoms. The maximum atomic E-state index is 9.13. The van der Waals surface area contributed by atoms with Gasteiger partial charge in [-0.1, -0.05) is 17.7 Å². The van der Waals surface area contributed by atoms with E-state index in [9.17, 15) is 0 Å². The average Bonchev–Trinajstić information content (AvgIpc) is 3.01. The van der Waals surface area contributed by atoms with Gasteiger partial charge in [0.2, 0.25) is 0 Å². The Morgan fingerprint density at radius 2 is 1.63 bits per heavy atom. The second-order valence-electron chi connectivity index (χ2n) is 9.02. The molecule has 4 rings (SSSR count). The summed E-state index contributed by atoms with van der Waals surface area (Å²) in [6.07, 6.45) is 6.60. The van der Waals surface area contributed by atoms with Gasteiger partial charge in [-0.25, -0.2) is 9.97 Å². The number of nitrogens with zero attached hydrogens (tertiary/aromatic N) is 4. The van der Waals surface area contributed by atoms with Crippen molar-refractivity contribution < 1.29 is 5.11 Å². The van der Waals surface area contributed by atoms with Crippen LogP contribution in [0.2, 0.25) is 0 Å². The highest BCUT2D eigenvalue weighted by atomic mass is 16.2. The number of anilines is 1.